The number of carbonyl (C=O) groups excluding carboxylic acids is 1. The second-order valence-electron chi connectivity index (χ2n) is 6.06. The van der Waals surface area contributed by atoms with Crippen LogP contribution in [0, 0.1) is 5.92 Å². The Morgan fingerprint density at radius 1 is 1.47 bits per heavy atom. The Balaban J connectivity index is 2.39. The fraction of sp³-hybridized carbons (Fsp3) is 0.923. The van der Waals surface area contributed by atoms with Gasteiger partial charge in [0.25, 0.3) is 0 Å². The summed E-state index contributed by atoms with van der Waals surface area (Å²) < 4.78 is 0. The first kappa shape index (κ1) is 14.3. The number of amides is 2. The first-order chi connectivity index (χ1) is 7.83. The average Bonchev–Trinajstić information content (AvgIpc) is 2.25. The molecule has 0 spiro atoms. The van der Waals surface area contributed by atoms with Crippen LogP contribution in [0.4, 0.5) is 4.79 Å². The minimum absolute atomic E-state index is 0.00291. The van der Waals surface area contributed by atoms with E-state index in [0.29, 0.717) is 12.5 Å². The fourth-order valence-electron chi connectivity index (χ4n) is 1.94. The van der Waals surface area contributed by atoms with Crippen LogP contribution < -0.4 is 5.32 Å². The molecule has 100 valence electrons. The number of urea groups is 1. The highest BCUT2D eigenvalue weighted by Gasteiger charge is 2.24. The standard InChI is InChI=1S/C13H27N3O/c1-11-7-6-8-16(9-11)12(17)14-10-13(2,3)15(4)5/h11H,6-10H2,1-5H3,(H,14,17). The smallest absolute Gasteiger partial charge is 0.317 e. The fourth-order valence-corrected chi connectivity index (χ4v) is 1.94. The van der Waals surface area contributed by atoms with Crippen molar-refractivity contribution in [3.05, 3.63) is 0 Å². The number of carbonyl (C=O) groups is 1. The van der Waals surface area contributed by atoms with Gasteiger partial charge in [0.05, 0.1) is 0 Å². The summed E-state index contributed by atoms with van der Waals surface area (Å²) in [6, 6.07) is 0.0893. The van der Waals surface area contributed by atoms with Crippen LogP contribution in [-0.4, -0.2) is 55.1 Å². The van der Waals surface area contributed by atoms with Gasteiger partial charge in [-0.2, -0.15) is 0 Å². The van der Waals surface area contributed by atoms with Crippen LogP contribution in [0.15, 0.2) is 0 Å². The maximum Gasteiger partial charge on any atom is 0.317 e. The molecule has 1 heterocycles. The van der Waals surface area contributed by atoms with Gasteiger partial charge in [-0.1, -0.05) is 6.92 Å². The molecule has 2 amide bonds. The van der Waals surface area contributed by atoms with Crippen molar-refractivity contribution in [3.8, 4) is 0 Å². The van der Waals surface area contributed by atoms with E-state index in [9.17, 15) is 4.79 Å². The lowest BCUT2D eigenvalue weighted by Crippen LogP contribution is -2.52. The molecule has 0 aromatic rings. The summed E-state index contributed by atoms with van der Waals surface area (Å²) in [5.74, 6) is 0.636. The number of rotatable bonds is 3. The lowest BCUT2D eigenvalue weighted by molar-refractivity contribution is 0.154. The van der Waals surface area contributed by atoms with Gasteiger partial charge in [-0.05, 0) is 46.7 Å². The molecule has 4 heteroatoms. The number of likely N-dealkylation sites (tertiary alicyclic amines) is 1. The topological polar surface area (TPSA) is 35.6 Å². The number of hydrogen-bond acceptors (Lipinski definition) is 2. The summed E-state index contributed by atoms with van der Waals surface area (Å²) in [5, 5.41) is 3.04. The van der Waals surface area contributed by atoms with Crippen molar-refractivity contribution >= 4 is 6.03 Å². The lowest BCUT2D eigenvalue weighted by Gasteiger charge is -2.35. The van der Waals surface area contributed by atoms with Gasteiger partial charge in [0.2, 0.25) is 0 Å². The summed E-state index contributed by atoms with van der Waals surface area (Å²) in [6.45, 7) is 8.96. The molecule has 0 saturated carbocycles. The van der Waals surface area contributed by atoms with Crippen LogP contribution >= 0.6 is 0 Å². The predicted octanol–water partition coefficient (Wildman–Crippen LogP) is 1.77. The monoisotopic (exact) mass is 241 g/mol. The van der Waals surface area contributed by atoms with Gasteiger partial charge in [0.1, 0.15) is 0 Å². The van der Waals surface area contributed by atoms with Crippen LogP contribution in [0.3, 0.4) is 0 Å². The van der Waals surface area contributed by atoms with Gasteiger partial charge in [-0.25, -0.2) is 4.79 Å². The third-order valence-corrected chi connectivity index (χ3v) is 3.83. The molecule has 0 bridgehead atoms. The molecule has 0 aromatic carbocycles. The highest BCUT2D eigenvalue weighted by molar-refractivity contribution is 5.74. The van der Waals surface area contributed by atoms with Crippen molar-refractivity contribution in [1.29, 1.82) is 0 Å². The van der Waals surface area contributed by atoms with Crippen molar-refractivity contribution in [1.82, 2.24) is 15.1 Å². The molecule has 1 aliphatic rings. The summed E-state index contributed by atoms with van der Waals surface area (Å²) in [4.78, 5) is 16.1. The molecular formula is C13H27N3O. The third-order valence-electron chi connectivity index (χ3n) is 3.83. The summed E-state index contributed by atoms with van der Waals surface area (Å²) >= 11 is 0. The highest BCUT2D eigenvalue weighted by Crippen LogP contribution is 2.15. The third kappa shape index (κ3) is 4.19. The number of hydrogen-bond donors (Lipinski definition) is 1. The molecule has 1 saturated heterocycles. The molecule has 1 unspecified atom stereocenters. The molecular weight excluding hydrogens is 214 g/mol. The van der Waals surface area contributed by atoms with Crippen LogP contribution in [-0.2, 0) is 0 Å². The van der Waals surface area contributed by atoms with Crippen LogP contribution in [0.2, 0.25) is 0 Å². The molecule has 1 atom stereocenters. The van der Waals surface area contributed by atoms with Gasteiger partial charge < -0.3 is 15.1 Å². The molecule has 1 fully saturated rings. The van der Waals surface area contributed by atoms with Crippen LogP contribution in [0.1, 0.15) is 33.6 Å². The Hall–Kier alpha value is -0.770. The first-order valence-electron chi connectivity index (χ1n) is 6.53. The molecule has 0 aromatic heterocycles. The van der Waals surface area contributed by atoms with Gasteiger partial charge >= 0.3 is 6.03 Å². The Bertz CT molecular complexity index is 263. The zero-order valence-electron chi connectivity index (χ0n) is 11.9. The van der Waals surface area contributed by atoms with E-state index in [1.165, 1.54) is 6.42 Å². The molecule has 0 aliphatic carbocycles. The van der Waals surface area contributed by atoms with Crippen molar-refractivity contribution in [2.45, 2.75) is 39.2 Å². The minimum Gasteiger partial charge on any atom is -0.336 e. The Morgan fingerprint density at radius 2 is 2.12 bits per heavy atom. The molecule has 0 radical (unpaired) electrons. The highest BCUT2D eigenvalue weighted by atomic mass is 16.2. The lowest BCUT2D eigenvalue weighted by atomic mass is 10.0. The Kier molecular flexibility index (Phi) is 4.80. The molecule has 1 aliphatic heterocycles. The van der Waals surface area contributed by atoms with E-state index in [2.05, 4.69) is 31.0 Å². The first-order valence-corrected chi connectivity index (χ1v) is 6.53. The van der Waals surface area contributed by atoms with Crippen molar-refractivity contribution in [2.24, 2.45) is 5.92 Å². The number of piperidine rings is 1. The minimum atomic E-state index is -0.00291. The summed E-state index contributed by atoms with van der Waals surface area (Å²) in [6.07, 6.45) is 2.37. The normalized spacial score (nSPS) is 21.8. The SMILES string of the molecule is CC1CCCN(C(=O)NCC(C)(C)N(C)C)C1. The van der Waals surface area contributed by atoms with E-state index in [0.717, 1.165) is 19.5 Å². The average molecular weight is 241 g/mol. The van der Waals surface area contributed by atoms with E-state index < -0.39 is 0 Å². The van der Waals surface area contributed by atoms with Crippen molar-refractivity contribution in [2.75, 3.05) is 33.7 Å². The maximum atomic E-state index is 12.0. The zero-order valence-corrected chi connectivity index (χ0v) is 11.9. The Morgan fingerprint density at radius 3 is 2.65 bits per heavy atom. The summed E-state index contributed by atoms with van der Waals surface area (Å²) in [5.41, 5.74) is -0.00291. The molecule has 1 rings (SSSR count). The van der Waals surface area contributed by atoms with Crippen molar-refractivity contribution < 1.29 is 4.79 Å². The van der Waals surface area contributed by atoms with E-state index in [1.807, 2.05) is 19.0 Å². The molecule has 17 heavy (non-hydrogen) atoms. The molecule has 4 nitrogen and oxygen atoms in total. The molecule has 1 N–H and O–H groups in total. The van der Waals surface area contributed by atoms with Gasteiger partial charge in [-0.15, -0.1) is 0 Å². The van der Waals surface area contributed by atoms with Gasteiger partial charge in [0.15, 0.2) is 0 Å². The number of nitrogens with zero attached hydrogens (tertiary/aromatic N) is 2. The van der Waals surface area contributed by atoms with Gasteiger partial charge in [-0.3, -0.25) is 0 Å². The number of likely N-dealkylation sites (N-methyl/N-ethyl adjacent to an activating group) is 1. The van der Waals surface area contributed by atoms with Gasteiger partial charge in [0, 0.05) is 25.2 Å². The van der Waals surface area contributed by atoms with Crippen LogP contribution in [0.5, 0.6) is 0 Å². The quantitative estimate of drug-likeness (QED) is 0.817. The van der Waals surface area contributed by atoms with Crippen molar-refractivity contribution in [3.63, 3.8) is 0 Å². The van der Waals surface area contributed by atoms with E-state index in [4.69, 9.17) is 0 Å². The van der Waals surface area contributed by atoms with E-state index in [1.54, 1.807) is 0 Å². The zero-order chi connectivity index (χ0) is 13.1. The Labute approximate surface area is 105 Å². The van der Waals surface area contributed by atoms with E-state index in [-0.39, 0.29) is 11.6 Å². The van der Waals surface area contributed by atoms with E-state index >= 15 is 0 Å². The maximum absolute atomic E-state index is 12.0. The second-order valence-corrected chi connectivity index (χ2v) is 6.06. The number of nitrogens with one attached hydrogen (secondary N) is 1. The summed E-state index contributed by atoms with van der Waals surface area (Å²) in [7, 11) is 4.07. The largest absolute Gasteiger partial charge is 0.336 e. The predicted molar refractivity (Wildman–Crippen MR) is 71.1 cm³/mol. The van der Waals surface area contributed by atoms with Crippen LogP contribution in [0.25, 0.3) is 0 Å². The second kappa shape index (κ2) is 5.71.